The summed E-state index contributed by atoms with van der Waals surface area (Å²) in [5.74, 6) is -5.98. The SMILES string of the molecule is NC1(O)O[C@](CO)(OS(=O)(=O)O)[C@@H](O)[C@H](O)[C@H]1O. The van der Waals surface area contributed by atoms with Crippen molar-refractivity contribution in [3.8, 4) is 0 Å². The molecule has 1 rings (SSSR count). The van der Waals surface area contributed by atoms with Gasteiger partial charge in [0.25, 0.3) is 5.91 Å². The number of hydrogen-bond acceptors (Lipinski definition) is 10. The first-order valence-corrected chi connectivity index (χ1v) is 5.86. The van der Waals surface area contributed by atoms with E-state index in [1.807, 2.05) is 0 Å². The van der Waals surface area contributed by atoms with Gasteiger partial charge in [-0.3, -0.25) is 15.0 Å². The van der Waals surface area contributed by atoms with Gasteiger partial charge >= 0.3 is 10.4 Å². The molecule has 1 heterocycles. The average molecular weight is 291 g/mol. The van der Waals surface area contributed by atoms with E-state index in [1.54, 1.807) is 0 Å². The molecule has 0 aliphatic carbocycles. The van der Waals surface area contributed by atoms with Crippen molar-refractivity contribution in [3.05, 3.63) is 0 Å². The van der Waals surface area contributed by atoms with Crippen molar-refractivity contribution in [1.82, 2.24) is 0 Å². The van der Waals surface area contributed by atoms with Crippen LogP contribution in [0.1, 0.15) is 0 Å². The molecule has 0 aromatic carbocycles. The zero-order valence-electron chi connectivity index (χ0n) is 8.74. The standard InChI is InChI=1S/C6H13NO10S/c7-6(12)4(11)2(9)3(10)5(1-8,16-6)17-18(13,14)15/h2-4,8-12H,1,7H2,(H,13,14,15)/t2-,3-,4+,5+,6?/m0/s1. The van der Waals surface area contributed by atoms with E-state index in [1.165, 1.54) is 0 Å². The number of rotatable bonds is 3. The molecule has 0 aromatic rings. The Kier molecular flexibility index (Phi) is 4.00. The second-order valence-electron chi connectivity index (χ2n) is 3.72. The third-order valence-corrected chi connectivity index (χ3v) is 2.82. The number of hydrogen-bond donors (Lipinski definition) is 7. The first-order chi connectivity index (χ1) is 7.95. The summed E-state index contributed by atoms with van der Waals surface area (Å²) < 4.78 is 37.9. The first kappa shape index (κ1) is 15.6. The Morgan fingerprint density at radius 1 is 1.28 bits per heavy atom. The van der Waals surface area contributed by atoms with Crippen molar-refractivity contribution in [2.75, 3.05) is 6.61 Å². The molecule has 0 saturated carbocycles. The molecule has 1 aliphatic heterocycles. The molecule has 1 aliphatic rings. The molecule has 12 heteroatoms. The van der Waals surface area contributed by atoms with Crippen LogP contribution in [0.25, 0.3) is 0 Å². The van der Waals surface area contributed by atoms with Gasteiger partial charge in [0.05, 0.1) is 0 Å². The maximum absolute atomic E-state index is 10.6. The van der Waals surface area contributed by atoms with E-state index in [-0.39, 0.29) is 0 Å². The fourth-order valence-corrected chi connectivity index (χ4v) is 2.01. The summed E-state index contributed by atoms with van der Waals surface area (Å²) in [7, 11) is -5.22. The molecular weight excluding hydrogens is 278 g/mol. The molecule has 1 fully saturated rings. The number of ether oxygens (including phenoxy) is 1. The number of aliphatic hydroxyl groups is 5. The van der Waals surface area contributed by atoms with Gasteiger partial charge in [-0.25, -0.2) is 4.18 Å². The molecule has 18 heavy (non-hydrogen) atoms. The van der Waals surface area contributed by atoms with Gasteiger partial charge in [-0.2, -0.15) is 8.42 Å². The van der Waals surface area contributed by atoms with E-state index in [4.69, 9.17) is 15.4 Å². The highest BCUT2D eigenvalue weighted by molar-refractivity contribution is 7.80. The first-order valence-electron chi connectivity index (χ1n) is 4.50. The van der Waals surface area contributed by atoms with Gasteiger partial charge in [-0.05, 0) is 0 Å². The Balaban J connectivity index is 3.18. The quantitative estimate of drug-likeness (QED) is 0.194. The minimum atomic E-state index is -5.22. The fourth-order valence-electron chi connectivity index (χ4n) is 1.47. The van der Waals surface area contributed by atoms with Crippen LogP contribution in [0.4, 0.5) is 0 Å². The lowest BCUT2D eigenvalue weighted by atomic mass is 9.94. The summed E-state index contributed by atoms with van der Waals surface area (Å²) in [6, 6.07) is 0. The van der Waals surface area contributed by atoms with Crippen LogP contribution < -0.4 is 5.73 Å². The van der Waals surface area contributed by atoms with Crippen molar-refractivity contribution < 1.29 is 47.4 Å². The summed E-state index contributed by atoms with van der Waals surface area (Å²) in [6.45, 7) is -1.41. The maximum atomic E-state index is 10.6. The summed E-state index contributed by atoms with van der Waals surface area (Å²) in [4.78, 5) is 0. The third kappa shape index (κ3) is 2.77. The van der Waals surface area contributed by atoms with Crippen LogP contribution in [-0.2, 0) is 19.3 Å². The van der Waals surface area contributed by atoms with E-state index >= 15 is 0 Å². The fraction of sp³-hybridized carbons (Fsp3) is 1.00. The van der Waals surface area contributed by atoms with Gasteiger partial charge in [0, 0.05) is 0 Å². The summed E-state index contributed by atoms with van der Waals surface area (Å²) in [5, 5.41) is 46.4. The summed E-state index contributed by atoms with van der Waals surface area (Å²) in [5.41, 5.74) is 4.99. The molecule has 0 amide bonds. The minimum Gasteiger partial charge on any atom is -0.391 e. The molecular formula is C6H13NO10S. The van der Waals surface area contributed by atoms with Gasteiger partial charge in [0.1, 0.15) is 18.8 Å². The van der Waals surface area contributed by atoms with Gasteiger partial charge in [-0.1, -0.05) is 0 Å². The smallest absolute Gasteiger partial charge is 0.391 e. The van der Waals surface area contributed by atoms with Crippen LogP contribution in [0.2, 0.25) is 0 Å². The van der Waals surface area contributed by atoms with Gasteiger partial charge < -0.3 is 25.5 Å². The number of nitrogens with two attached hydrogens (primary N) is 1. The highest BCUT2D eigenvalue weighted by atomic mass is 32.3. The van der Waals surface area contributed by atoms with Crippen molar-refractivity contribution in [2.24, 2.45) is 5.73 Å². The van der Waals surface area contributed by atoms with Gasteiger partial charge in [0.15, 0.2) is 6.10 Å². The lowest BCUT2D eigenvalue weighted by Gasteiger charge is -2.48. The predicted molar refractivity (Wildman–Crippen MR) is 50.7 cm³/mol. The predicted octanol–water partition coefficient (Wildman–Crippen LogP) is -4.79. The summed E-state index contributed by atoms with van der Waals surface area (Å²) in [6.07, 6.45) is -6.73. The Morgan fingerprint density at radius 3 is 2.17 bits per heavy atom. The molecule has 11 nitrogen and oxygen atoms in total. The number of aliphatic hydroxyl groups excluding tert-OH is 4. The van der Waals surface area contributed by atoms with Crippen LogP contribution in [0, 0.1) is 0 Å². The van der Waals surface area contributed by atoms with Crippen LogP contribution in [-0.4, -0.2) is 75.1 Å². The van der Waals surface area contributed by atoms with E-state index in [0.717, 1.165) is 0 Å². The monoisotopic (exact) mass is 291 g/mol. The van der Waals surface area contributed by atoms with Crippen molar-refractivity contribution in [1.29, 1.82) is 0 Å². The molecule has 0 spiro atoms. The van der Waals surface area contributed by atoms with Crippen LogP contribution >= 0.6 is 0 Å². The largest absolute Gasteiger partial charge is 0.400 e. The average Bonchev–Trinajstić information content (AvgIpc) is 2.21. The molecule has 5 atom stereocenters. The van der Waals surface area contributed by atoms with E-state index in [0.29, 0.717) is 0 Å². The highest BCUT2D eigenvalue weighted by Gasteiger charge is 2.61. The van der Waals surface area contributed by atoms with Crippen molar-refractivity contribution in [2.45, 2.75) is 30.0 Å². The normalized spacial score (nSPS) is 46.1. The summed E-state index contributed by atoms with van der Waals surface area (Å²) >= 11 is 0. The zero-order chi connectivity index (χ0) is 14.4. The van der Waals surface area contributed by atoms with E-state index < -0.39 is 47.0 Å². The second-order valence-corrected chi connectivity index (χ2v) is 4.74. The molecule has 0 aromatic heterocycles. The minimum absolute atomic E-state index is 1.41. The Labute approximate surface area is 101 Å². The maximum Gasteiger partial charge on any atom is 0.400 e. The lowest BCUT2D eigenvalue weighted by molar-refractivity contribution is -0.424. The molecule has 1 unspecified atom stereocenters. The molecule has 0 radical (unpaired) electrons. The topological polar surface area (TPSA) is 200 Å². The Hall–Kier alpha value is -0.410. The van der Waals surface area contributed by atoms with Crippen LogP contribution in [0.5, 0.6) is 0 Å². The third-order valence-electron chi connectivity index (χ3n) is 2.32. The van der Waals surface area contributed by atoms with Crippen LogP contribution in [0.15, 0.2) is 0 Å². The van der Waals surface area contributed by atoms with Crippen molar-refractivity contribution >= 4 is 10.4 Å². The Bertz CT molecular complexity index is 409. The van der Waals surface area contributed by atoms with Gasteiger partial charge in [-0.15, -0.1) is 0 Å². The molecule has 8 N–H and O–H groups in total. The Morgan fingerprint density at radius 2 is 1.78 bits per heavy atom. The zero-order valence-corrected chi connectivity index (χ0v) is 9.56. The lowest BCUT2D eigenvalue weighted by Crippen LogP contribution is -2.74. The van der Waals surface area contributed by atoms with Crippen molar-refractivity contribution in [3.63, 3.8) is 0 Å². The molecule has 0 bridgehead atoms. The second kappa shape index (κ2) is 4.61. The molecule has 108 valence electrons. The van der Waals surface area contributed by atoms with E-state index in [2.05, 4.69) is 8.92 Å². The van der Waals surface area contributed by atoms with Gasteiger partial charge in [0.2, 0.25) is 5.79 Å². The highest BCUT2D eigenvalue weighted by Crippen LogP contribution is 2.34. The molecule has 1 saturated heterocycles. The van der Waals surface area contributed by atoms with Crippen LogP contribution in [0.3, 0.4) is 0 Å². The van der Waals surface area contributed by atoms with E-state index in [9.17, 15) is 28.8 Å².